The quantitative estimate of drug-likeness (QED) is 0.377. The third-order valence-electron chi connectivity index (χ3n) is 6.79. The van der Waals surface area contributed by atoms with E-state index in [2.05, 4.69) is 15.6 Å². The molecule has 1 aromatic heterocycles. The second kappa shape index (κ2) is 11.6. The number of hydrogen-bond donors (Lipinski definition) is 3. The van der Waals surface area contributed by atoms with Gasteiger partial charge >= 0.3 is 0 Å². The van der Waals surface area contributed by atoms with Crippen molar-refractivity contribution >= 4 is 45.9 Å². The molecule has 196 valence electrons. The van der Waals surface area contributed by atoms with Crippen LogP contribution < -0.4 is 10.6 Å². The predicted octanol–water partition coefficient (Wildman–Crippen LogP) is 2.65. The van der Waals surface area contributed by atoms with E-state index in [1.807, 2.05) is 18.2 Å². The number of fused-ring (bicyclic) bond motifs is 1. The van der Waals surface area contributed by atoms with Crippen LogP contribution in [0.3, 0.4) is 0 Å². The lowest BCUT2D eigenvalue weighted by Crippen LogP contribution is -2.49. The fraction of sp³-hybridized carbons (Fsp3) is 0.462. The van der Waals surface area contributed by atoms with Gasteiger partial charge in [-0.3, -0.25) is 14.4 Å². The standard InChI is InChI=1S/C26H32ClN7O3/c1-32(2)25(36)18(14-28)24(30-20-10-7-8-17-19(27)15-29-23(17)20)31-21-9-3-4-13-34(26(21)37)16-22(35)33-11-5-6-12-33/h7-8,10,15,21,29-31H,3-6,9,11-13,16H2,1-2H3/b24-18-/t21-/m0/s1. The van der Waals surface area contributed by atoms with E-state index in [-0.39, 0.29) is 29.8 Å². The minimum absolute atomic E-state index is 0.0332. The summed E-state index contributed by atoms with van der Waals surface area (Å²) in [6, 6.07) is 6.75. The van der Waals surface area contributed by atoms with E-state index < -0.39 is 11.9 Å². The SMILES string of the molecule is CN(C)C(=O)/C(C#N)=C(/Nc1cccc2c(Cl)c[nH]c12)N[C@H]1CCCCN(CC(=O)N2CCCC2)C1=O. The Morgan fingerprint density at radius 2 is 1.92 bits per heavy atom. The summed E-state index contributed by atoms with van der Waals surface area (Å²) < 4.78 is 0. The molecule has 3 N–H and O–H groups in total. The second-order valence-corrected chi connectivity index (χ2v) is 10.00. The van der Waals surface area contributed by atoms with Crippen LogP contribution in [0.15, 0.2) is 35.8 Å². The molecule has 3 amide bonds. The summed E-state index contributed by atoms with van der Waals surface area (Å²) in [5.74, 6) is -0.641. The monoisotopic (exact) mass is 525 g/mol. The van der Waals surface area contributed by atoms with Crippen molar-refractivity contribution in [3.8, 4) is 6.07 Å². The number of carbonyl (C=O) groups excluding carboxylic acids is 3. The summed E-state index contributed by atoms with van der Waals surface area (Å²) in [5, 5.41) is 17.6. The molecule has 1 aromatic carbocycles. The van der Waals surface area contributed by atoms with Crippen LogP contribution in [0.25, 0.3) is 10.9 Å². The molecule has 1 atom stereocenters. The number of hydrogen-bond acceptors (Lipinski definition) is 6. The first-order valence-corrected chi connectivity index (χ1v) is 12.9. The number of benzene rings is 1. The number of likely N-dealkylation sites (tertiary alicyclic amines) is 2. The van der Waals surface area contributed by atoms with Crippen LogP contribution in [-0.2, 0) is 14.4 Å². The second-order valence-electron chi connectivity index (χ2n) is 9.59. The van der Waals surface area contributed by atoms with Crippen LogP contribution in [-0.4, -0.2) is 83.7 Å². The van der Waals surface area contributed by atoms with Gasteiger partial charge in [0.1, 0.15) is 17.9 Å². The molecule has 2 aromatic rings. The highest BCUT2D eigenvalue weighted by Gasteiger charge is 2.32. The topological polar surface area (TPSA) is 125 Å². The van der Waals surface area contributed by atoms with Gasteiger partial charge in [-0.05, 0) is 38.2 Å². The number of para-hydroxylation sites is 1. The van der Waals surface area contributed by atoms with Gasteiger partial charge in [-0.2, -0.15) is 5.26 Å². The number of anilines is 1. The van der Waals surface area contributed by atoms with Gasteiger partial charge in [-0.15, -0.1) is 0 Å². The fourth-order valence-electron chi connectivity index (χ4n) is 4.76. The Morgan fingerprint density at radius 3 is 2.62 bits per heavy atom. The maximum atomic E-state index is 13.6. The van der Waals surface area contributed by atoms with Gasteiger partial charge in [-0.25, -0.2) is 0 Å². The normalized spacial score (nSPS) is 18.8. The Bertz CT molecular complexity index is 1260. The molecule has 0 radical (unpaired) electrons. The van der Waals surface area contributed by atoms with Crippen molar-refractivity contribution in [3.05, 3.63) is 40.8 Å². The molecule has 2 saturated heterocycles. The summed E-state index contributed by atoms with van der Waals surface area (Å²) in [6.07, 6.45) is 5.67. The molecule has 0 saturated carbocycles. The van der Waals surface area contributed by atoms with Gasteiger partial charge in [0.2, 0.25) is 11.8 Å². The molecular weight excluding hydrogens is 494 g/mol. The molecule has 2 aliphatic heterocycles. The maximum absolute atomic E-state index is 13.6. The van der Waals surface area contributed by atoms with Gasteiger partial charge in [0.05, 0.1) is 22.8 Å². The average molecular weight is 526 g/mol. The first-order valence-electron chi connectivity index (χ1n) is 12.5. The average Bonchev–Trinajstić information content (AvgIpc) is 3.52. The number of aromatic amines is 1. The van der Waals surface area contributed by atoms with E-state index in [4.69, 9.17) is 11.6 Å². The first kappa shape index (κ1) is 26.4. The lowest BCUT2D eigenvalue weighted by molar-refractivity contribution is -0.140. The van der Waals surface area contributed by atoms with Crippen molar-refractivity contribution in [2.75, 3.05) is 45.6 Å². The highest BCUT2D eigenvalue weighted by atomic mass is 35.5. The molecule has 2 aliphatic rings. The van der Waals surface area contributed by atoms with Crippen molar-refractivity contribution in [1.82, 2.24) is 25.0 Å². The van der Waals surface area contributed by atoms with E-state index in [9.17, 15) is 19.6 Å². The zero-order valence-electron chi connectivity index (χ0n) is 21.1. The van der Waals surface area contributed by atoms with E-state index in [1.54, 1.807) is 36.2 Å². The summed E-state index contributed by atoms with van der Waals surface area (Å²) in [7, 11) is 3.12. The third kappa shape index (κ3) is 5.83. The van der Waals surface area contributed by atoms with Crippen LogP contribution in [0.5, 0.6) is 0 Å². The number of carbonyl (C=O) groups is 3. The van der Waals surface area contributed by atoms with Gasteiger partial charge in [-0.1, -0.05) is 23.7 Å². The molecule has 4 rings (SSSR count). The Balaban J connectivity index is 1.63. The number of nitrogens with zero attached hydrogens (tertiary/aromatic N) is 4. The molecule has 0 aliphatic carbocycles. The van der Waals surface area contributed by atoms with E-state index in [1.165, 1.54) is 4.90 Å². The molecule has 10 nitrogen and oxygen atoms in total. The van der Waals surface area contributed by atoms with Gasteiger partial charge in [0, 0.05) is 45.3 Å². The Hall–Kier alpha value is -3.71. The highest BCUT2D eigenvalue weighted by molar-refractivity contribution is 6.36. The lowest BCUT2D eigenvalue weighted by atomic mass is 10.1. The molecule has 11 heteroatoms. The number of H-pyrrole nitrogens is 1. The Labute approximate surface area is 221 Å². The minimum atomic E-state index is -0.707. The van der Waals surface area contributed by atoms with Crippen molar-refractivity contribution in [2.45, 2.75) is 38.1 Å². The summed E-state index contributed by atoms with van der Waals surface area (Å²) in [4.78, 5) is 47.1. The number of aromatic nitrogens is 1. The molecular formula is C26H32ClN7O3. The molecule has 0 unspecified atom stereocenters. The van der Waals surface area contributed by atoms with Crippen molar-refractivity contribution in [1.29, 1.82) is 5.26 Å². The van der Waals surface area contributed by atoms with Gasteiger partial charge in [0.15, 0.2) is 5.57 Å². The third-order valence-corrected chi connectivity index (χ3v) is 7.10. The highest BCUT2D eigenvalue weighted by Crippen LogP contribution is 2.29. The van der Waals surface area contributed by atoms with Crippen LogP contribution in [0.2, 0.25) is 5.02 Å². The van der Waals surface area contributed by atoms with Gasteiger partial charge < -0.3 is 30.3 Å². The molecule has 0 bridgehead atoms. The minimum Gasteiger partial charge on any atom is -0.359 e. The molecule has 0 spiro atoms. The first-order chi connectivity index (χ1) is 17.8. The molecule has 3 heterocycles. The van der Waals surface area contributed by atoms with Crippen LogP contribution in [0.1, 0.15) is 32.1 Å². The zero-order chi connectivity index (χ0) is 26.5. The summed E-state index contributed by atoms with van der Waals surface area (Å²) >= 11 is 6.28. The Kier molecular flexibility index (Phi) is 8.24. The largest absolute Gasteiger partial charge is 0.359 e. The van der Waals surface area contributed by atoms with Gasteiger partial charge in [0.25, 0.3) is 5.91 Å². The number of nitrogens with one attached hydrogen (secondary N) is 3. The van der Waals surface area contributed by atoms with E-state index in [0.717, 1.165) is 44.2 Å². The van der Waals surface area contributed by atoms with Crippen LogP contribution in [0, 0.1) is 11.3 Å². The lowest BCUT2D eigenvalue weighted by Gasteiger charge is -2.28. The fourth-order valence-corrected chi connectivity index (χ4v) is 4.98. The van der Waals surface area contributed by atoms with E-state index >= 15 is 0 Å². The Morgan fingerprint density at radius 1 is 1.19 bits per heavy atom. The number of halogens is 1. The maximum Gasteiger partial charge on any atom is 0.267 e. The van der Waals surface area contributed by atoms with Crippen LogP contribution >= 0.6 is 11.6 Å². The zero-order valence-corrected chi connectivity index (χ0v) is 21.9. The van der Waals surface area contributed by atoms with Crippen molar-refractivity contribution in [2.24, 2.45) is 0 Å². The summed E-state index contributed by atoms with van der Waals surface area (Å²) in [6.45, 7) is 1.98. The smallest absolute Gasteiger partial charge is 0.267 e. The number of rotatable bonds is 7. The van der Waals surface area contributed by atoms with E-state index in [0.29, 0.717) is 29.2 Å². The number of amides is 3. The number of likely N-dealkylation sites (N-methyl/N-ethyl adjacent to an activating group) is 1. The predicted molar refractivity (Wildman–Crippen MR) is 141 cm³/mol. The van der Waals surface area contributed by atoms with Crippen molar-refractivity contribution < 1.29 is 14.4 Å². The number of nitriles is 1. The molecule has 2 fully saturated rings. The summed E-state index contributed by atoms with van der Waals surface area (Å²) in [5.41, 5.74) is 1.14. The van der Waals surface area contributed by atoms with Crippen LogP contribution in [0.4, 0.5) is 5.69 Å². The molecule has 37 heavy (non-hydrogen) atoms. The van der Waals surface area contributed by atoms with Crippen molar-refractivity contribution in [3.63, 3.8) is 0 Å².